The number of aryl methyl sites for hydroxylation is 2. The highest BCUT2D eigenvalue weighted by Gasteiger charge is 2.21. The lowest BCUT2D eigenvalue weighted by atomic mass is 10.0. The molecule has 1 fully saturated rings. The van der Waals surface area contributed by atoms with E-state index >= 15 is 0 Å². The van der Waals surface area contributed by atoms with Crippen molar-refractivity contribution in [3.05, 3.63) is 23.5 Å². The summed E-state index contributed by atoms with van der Waals surface area (Å²) in [5, 5.41) is 8.66. The fourth-order valence-electron chi connectivity index (χ4n) is 2.69. The number of aromatic nitrogens is 1. The largest absolute Gasteiger partial charge is 0.346 e. The quantitative estimate of drug-likeness (QED) is 0.712. The average molecular weight is 217 g/mol. The molecule has 1 saturated heterocycles. The highest BCUT2D eigenvalue weighted by Crippen LogP contribution is 2.25. The molecule has 1 aromatic rings. The lowest BCUT2D eigenvalue weighted by molar-refractivity contribution is 0.202. The molecular weight excluding hydrogens is 198 g/mol. The van der Waals surface area contributed by atoms with Crippen molar-refractivity contribution in [2.75, 3.05) is 19.6 Å². The van der Waals surface area contributed by atoms with Crippen LogP contribution < -0.4 is 0 Å². The van der Waals surface area contributed by atoms with Crippen molar-refractivity contribution in [2.45, 2.75) is 32.7 Å². The second-order valence-corrected chi connectivity index (χ2v) is 4.65. The summed E-state index contributed by atoms with van der Waals surface area (Å²) < 4.78 is 2.45. The van der Waals surface area contributed by atoms with E-state index in [9.17, 15) is 0 Å². The molecule has 0 radical (unpaired) electrons. The maximum Gasteiger partial charge on any atom is 0.0866 e. The first-order valence-electron chi connectivity index (χ1n) is 5.96. The minimum atomic E-state index is 0.580. The average Bonchev–Trinajstić information content (AvgIpc) is 2.61. The van der Waals surface area contributed by atoms with E-state index in [1.54, 1.807) is 0 Å². The Labute approximate surface area is 97.3 Å². The van der Waals surface area contributed by atoms with Crippen LogP contribution in [-0.2, 0) is 0 Å². The molecule has 0 saturated carbocycles. The molecule has 0 amide bonds. The van der Waals surface area contributed by atoms with Crippen molar-refractivity contribution < 1.29 is 0 Å². The summed E-state index contributed by atoms with van der Waals surface area (Å²) in [5.41, 5.74) is 2.72. The number of piperidine rings is 1. The predicted octanol–water partition coefficient (Wildman–Crippen LogP) is 2.27. The Balaban J connectivity index is 2.02. The Morgan fingerprint density at radius 3 is 2.31 bits per heavy atom. The van der Waals surface area contributed by atoms with Crippen LogP contribution in [0, 0.1) is 25.2 Å². The minimum absolute atomic E-state index is 0.580. The fraction of sp³-hybridized carbons (Fsp3) is 0.615. The Morgan fingerprint density at radius 2 is 1.81 bits per heavy atom. The predicted molar refractivity (Wildman–Crippen MR) is 64.2 cm³/mol. The van der Waals surface area contributed by atoms with E-state index < -0.39 is 0 Å². The van der Waals surface area contributed by atoms with Gasteiger partial charge in [-0.2, -0.15) is 5.26 Å². The van der Waals surface area contributed by atoms with Crippen LogP contribution in [-0.4, -0.2) is 29.1 Å². The molecule has 0 atom stereocenters. The van der Waals surface area contributed by atoms with Gasteiger partial charge >= 0.3 is 0 Å². The van der Waals surface area contributed by atoms with E-state index in [-0.39, 0.29) is 0 Å². The standard InChI is InChI=1S/C13H19N3/c1-11-3-4-12(2)16(11)13-5-8-15(9-6-13)10-7-14/h3-4,13H,5-6,8-10H2,1-2H3. The molecule has 0 spiro atoms. The molecule has 3 nitrogen and oxygen atoms in total. The molecule has 0 unspecified atom stereocenters. The summed E-state index contributed by atoms with van der Waals surface area (Å²) in [6.45, 7) is 7.03. The molecular formula is C13H19N3. The summed E-state index contributed by atoms with van der Waals surface area (Å²) in [6, 6.07) is 7.24. The Kier molecular flexibility index (Phi) is 3.31. The van der Waals surface area contributed by atoms with Gasteiger partial charge in [-0.05, 0) is 38.8 Å². The van der Waals surface area contributed by atoms with E-state index in [4.69, 9.17) is 5.26 Å². The number of nitrogens with zero attached hydrogens (tertiary/aromatic N) is 3. The minimum Gasteiger partial charge on any atom is -0.346 e. The van der Waals surface area contributed by atoms with Crippen LogP contribution in [0.15, 0.2) is 12.1 Å². The van der Waals surface area contributed by atoms with Gasteiger partial charge in [0.25, 0.3) is 0 Å². The maximum atomic E-state index is 8.66. The summed E-state index contributed by atoms with van der Waals surface area (Å²) in [7, 11) is 0. The SMILES string of the molecule is Cc1ccc(C)n1C1CCN(CC#N)CC1. The smallest absolute Gasteiger partial charge is 0.0866 e. The van der Waals surface area contributed by atoms with Crippen molar-refractivity contribution >= 4 is 0 Å². The molecule has 1 aliphatic heterocycles. The topological polar surface area (TPSA) is 32.0 Å². The molecule has 1 aromatic heterocycles. The van der Waals surface area contributed by atoms with Gasteiger partial charge in [0.1, 0.15) is 0 Å². The molecule has 2 heterocycles. The molecule has 0 aliphatic carbocycles. The van der Waals surface area contributed by atoms with Gasteiger partial charge in [0.05, 0.1) is 12.6 Å². The molecule has 0 aromatic carbocycles. The van der Waals surface area contributed by atoms with Crippen LogP contribution in [0.3, 0.4) is 0 Å². The Hall–Kier alpha value is -1.27. The summed E-state index contributed by atoms with van der Waals surface area (Å²) in [5.74, 6) is 0. The van der Waals surface area contributed by atoms with Gasteiger partial charge in [0, 0.05) is 30.5 Å². The summed E-state index contributed by atoms with van der Waals surface area (Å²) >= 11 is 0. The molecule has 2 rings (SSSR count). The first-order valence-corrected chi connectivity index (χ1v) is 5.96. The second kappa shape index (κ2) is 4.71. The van der Waals surface area contributed by atoms with Crippen molar-refractivity contribution in [3.63, 3.8) is 0 Å². The highest BCUT2D eigenvalue weighted by atomic mass is 15.1. The number of likely N-dealkylation sites (tertiary alicyclic amines) is 1. The highest BCUT2D eigenvalue weighted by molar-refractivity contribution is 5.15. The third-order valence-corrected chi connectivity index (χ3v) is 3.54. The molecule has 86 valence electrons. The number of hydrogen-bond acceptors (Lipinski definition) is 2. The lowest BCUT2D eigenvalue weighted by Gasteiger charge is -2.32. The van der Waals surface area contributed by atoms with Crippen LogP contribution in [0.1, 0.15) is 30.3 Å². The zero-order valence-electron chi connectivity index (χ0n) is 10.1. The second-order valence-electron chi connectivity index (χ2n) is 4.65. The van der Waals surface area contributed by atoms with Gasteiger partial charge < -0.3 is 4.57 Å². The van der Waals surface area contributed by atoms with Crippen LogP contribution >= 0.6 is 0 Å². The van der Waals surface area contributed by atoms with Gasteiger partial charge in [-0.1, -0.05) is 0 Å². The van der Waals surface area contributed by atoms with E-state index in [1.807, 2.05) is 0 Å². The van der Waals surface area contributed by atoms with E-state index in [1.165, 1.54) is 11.4 Å². The third-order valence-electron chi connectivity index (χ3n) is 3.54. The monoisotopic (exact) mass is 217 g/mol. The van der Waals surface area contributed by atoms with Gasteiger partial charge in [0.2, 0.25) is 0 Å². The normalized spacial score (nSPS) is 18.6. The van der Waals surface area contributed by atoms with Crippen molar-refractivity contribution in [2.24, 2.45) is 0 Å². The molecule has 1 aliphatic rings. The van der Waals surface area contributed by atoms with Crippen LogP contribution in [0.25, 0.3) is 0 Å². The van der Waals surface area contributed by atoms with Gasteiger partial charge in [-0.25, -0.2) is 0 Å². The van der Waals surface area contributed by atoms with Crippen molar-refractivity contribution in [1.29, 1.82) is 5.26 Å². The van der Waals surface area contributed by atoms with Gasteiger partial charge in [-0.3, -0.25) is 4.90 Å². The zero-order chi connectivity index (χ0) is 11.5. The van der Waals surface area contributed by atoms with Gasteiger partial charge in [0.15, 0.2) is 0 Å². The first kappa shape index (κ1) is 11.2. The summed E-state index contributed by atoms with van der Waals surface area (Å²) in [4.78, 5) is 2.24. The number of rotatable bonds is 2. The van der Waals surface area contributed by atoms with Crippen molar-refractivity contribution in [3.8, 4) is 6.07 Å². The number of hydrogen-bond donors (Lipinski definition) is 0. The molecule has 3 heteroatoms. The Bertz CT molecular complexity index is 372. The van der Waals surface area contributed by atoms with Crippen LogP contribution in [0.4, 0.5) is 0 Å². The first-order chi connectivity index (χ1) is 7.72. The van der Waals surface area contributed by atoms with E-state index in [0.717, 1.165) is 25.9 Å². The van der Waals surface area contributed by atoms with Crippen LogP contribution in [0.5, 0.6) is 0 Å². The zero-order valence-corrected chi connectivity index (χ0v) is 10.1. The fourth-order valence-corrected chi connectivity index (χ4v) is 2.69. The molecule has 0 N–H and O–H groups in total. The summed E-state index contributed by atoms with van der Waals surface area (Å²) in [6.07, 6.45) is 2.33. The van der Waals surface area contributed by atoms with Gasteiger partial charge in [-0.15, -0.1) is 0 Å². The Morgan fingerprint density at radius 1 is 1.25 bits per heavy atom. The third kappa shape index (κ3) is 2.12. The maximum absolute atomic E-state index is 8.66. The van der Waals surface area contributed by atoms with E-state index in [2.05, 4.69) is 41.5 Å². The number of nitriles is 1. The lowest BCUT2D eigenvalue weighted by Crippen LogP contribution is -2.35. The van der Waals surface area contributed by atoms with Crippen LogP contribution in [0.2, 0.25) is 0 Å². The molecule has 16 heavy (non-hydrogen) atoms. The van der Waals surface area contributed by atoms with Crippen molar-refractivity contribution in [1.82, 2.24) is 9.47 Å². The van der Waals surface area contributed by atoms with E-state index in [0.29, 0.717) is 12.6 Å². The molecule has 0 bridgehead atoms.